The van der Waals surface area contributed by atoms with Crippen LogP contribution in [0.3, 0.4) is 0 Å². The first kappa shape index (κ1) is 21.4. The summed E-state index contributed by atoms with van der Waals surface area (Å²) in [5, 5.41) is 10.4. The Morgan fingerprint density at radius 3 is 2.06 bits per heavy atom. The molecule has 5 nitrogen and oxygen atoms in total. The van der Waals surface area contributed by atoms with Gasteiger partial charge in [0.2, 0.25) is 0 Å². The van der Waals surface area contributed by atoms with Gasteiger partial charge in [-0.1, -0.05) is 77.3 Å². The van der Waals surface area contributed by atoms with Gasteiger partial charge >= 0.3 is 5.69 Å². The fourth-order valence-electron chi connectivity index (χ4n) is 3.84. The van der Waals surface area contributed by atoms with Crippen LogP contribution in [0.5, 0.6) is 0 Å². The van der Waals surface area contributed by atoms with Crippen molar-refractivity contribution in [3.8, 4) is 22.3 Å². The van der Waals surface area contributed by atoms with Crippen molar-refractivity contribution in [3.05, 3.63) is 111 Å². The average Bonchev–Trinajstić information content (AvgIpc) is 3.15. The molecule has 0 saturated heterocycles. The van der Waals surface area contributed by atoms with Crippen molar-refractivity contribution in [3.63, 3.8) is 0 Å². The van der Waals surface area contributed by atoms with E-state index >= 15 is 0 Å². The van der Waals surface area contributed by atoms with Gasteiger partial charge in [-0.25, -0.2) is 9.48 Å². The summed E-state index contributed by atoms with van der Waals surface area (Å²) in [5.74, 6) is 0. The fourth-order valence-corrected chi connectivity index (χ4v) is 4.10. The van der Waals surface area contributed by atoms with E-state index in [4.69, 9.17) is 28.3 Å². The van der Waals surface area contributed by atoms with Crippen molar-refractivity contribution >= 4 is 28.8 Å². The molecule has 0 N–H and O–H groups in total. The van der Waals surface area contributed by atoms with Crippen LogP contribution in [0.1, 0.15) is 11.1 Å². The molecular weight excluding hydrogens is 455 g/mol. The number of hydrogen-bond donors (Lipinski definition) is 0. The second-order valence-corrected chi connectivity index (χ2v) is 8.80. The molecule has 0 radical (unpaired) electrons. The van der Waals surface area contributed by atoms with E-state index < -0.39 is 0 Å². The number of aromatic nitrogens is 4. The second-order valence-electron chi connectivity index (χ2n) is 7.92. The summed E-state index contributed by atoms with van der Waals surface area (Å²) in [6.45, 7) is 2.51. The summed E-state index contributed by atoms with van der Waals surface area (Å²) >= 11 is 12.2. The number of rotatable bonds is 5. The summed E-state index contributed by atoms with van der Waals surface area (Å²) in [5.41, 5.74) is 6.09. The molecule has 0 aliphatic heterocycles. The van der Waals surface area contributed by atoms with Gasteiger partial charge in [-0.05, 0) is 54.3 Å². The molecule has 33 heavy (non-hydrogen) atoms. The van der Waals surface area contributed by atoms with Crippen molar-refractivity contribution in [2.45, 2.75) is 19.9 Å². The minimum absolute atomic E-state index is 0.269. The lowest BCUT2D eigenvalue weighted by atomic mass is 9.97. The molecule has 0 saturated carbocycles. The fraction of sp³-hybridized carbons (Fsp3) is 0.115. The van der Waals surface area contributed by atoms with Crippen LogP contribution >= 0.6 is 23.2 Å². The molecule has 0 amide bonds. The second kappa shape index (κ2) is 8.85. The number of halogens is 2. The molecule has 3 aromatic carbocycles. The highest BCUT2D eigenvalue weighted by molar-refractivity contribution is 6.31. The van der Waals surface area contributed by atoms with Gasteiger partial charge < -0.3 is 0 Å². The Kier molecular flexibility index (Phi) is 5.75. The maximum Gasteiger partial charge on any atom is 0.367 e. The van der Waals surface area contributed by atoms with Gasteiger partial charge in [-0.3, -0.25) is 0 Å². The van der Waals surface area contributed by atoms with Crippen LogP contribution in [0.25, 0.3) is 27.9 Å². The molecule has 5 rings (SSSR count). The minimum atomic E-state index is -0.269. The maximum absolute atomic E-state index is 13.1. The average molecular weight is 475 g/mol. The molecule has 2 aromatic heterocycles. The molecule has 0 atom stereocenters. The van der Waals surface area contributed by atoms with Crippen molar-refractivity contribution in [2.75, 3.05) is 0 Å². The van der Waals surface area contributed by atoms with Gasteiger partial charge in [0, 0.05) is 21.2 Å². The minimum Gasteiger partial charge on any atom is -0.244 e. The van der Waals surface area contributed by atoms with Crippen LogP contribution in [-0.2, 0) is 13.0 Å². The summed E-state index contributed by atoms with van der Waals surface area (Å²) in [4.78, 5) is 13.1. The SMILES string of the molecule is Cc1ccc(CCn2nc3c(-c4ccc(Cl)cc4)c(-c4ccc(Cl)cc4)cnn3c2=O)cc1. The van der Waals surface area contributed by atoms with Gasteiger partial charge in [0.05, 0.1) is 12.7 Å². The molecule has 0 aliphatic rings. The third kappa shape index (κ3) is 4.30. The Morgan fingerprint density at radius 1 is 0.818 bits per heavy atom. The molecular formula is C26H20Cl2N4O. The van der Waals surface area contributed by atoms with Gasteiger partial charge in [0.25, 0.3) is 0 Å². The zero-order chi connectivity index (χ0) is 22.9. The molecule has 0 fully saturated rings. The van der Waals surface area contributed by atoms with Crippen molar-refractivity contribution in [2.24, 2.45) is 0 Å². The Hall–Kier alpha value is -3.41. The van der Waals surface area contributed by atoms with Crippen LogP contribution in [0.15, 0.2) is 83.8 Å². The number of nitrogens with zero attached hydrogens (tertiary/aromatic N) is 4. The van der Waals surface area contributed by atoms with Crippen molar-refractivity contribution < 1.29 is 0 Å². The zero-order valence-corrected chi connectivity index (χ0v) is 19.4. The molecule has 0 bridgehead atoms. The molecule has 2 heterocycles. The predicted molar refractivity (Wildman–Crippen MR) is 133 cm³/mol. The van der Waals surface area contributed by atoms with Crippen LogP contribution in [0.2, 0.25) is 10.0 Å². The summed E-state index contributed by atoms with van der Waals surface area (Å²) in [7, 11) is 0. The summed E-state index contributed by atoms with van der Waals surface area (Å²) < 4.78 is 2.84. The van der Waals surface area contributed by atoms with Crippen molar-refractivity contribution in [1.82, 2.24) is 19.4 Å². The normalized spacial score (nSPS) is 11.2. The third-order valence-electron chi connectivity index (χ3n) is 5.63. The maximum atomic E-state index is 13.1. The van der Waals surface area contributed by atoms with Crippen LogP contribution in [0.4, 0.5) is 0 Å². The van der Waals surface area contributed by atoms with E-state index in [2.05, 4.69) is 36.3 Å². The predicted octanol–water partition coefficient (Wildman–Crippen LogP) is 6.08. The molecule has 7 heteroatoms. The van der Waals surface area contributed by atoms with Crippen LogP contribution < -0.4 is 5.69 Å². The lowest BCUT2D eigenvalue weighted by molar-refractivity contribution is 0.588. The third-order valence-corrected chi connectivity index (χ3v) is 6.14. The first-order chi connectivity index (χ1) is 16.0. The highest BCUT2D eigenvalue weighted by Crippen LogP contribution is 2.34. The van der Waals surface area contributed by atoms with E-state index in [-0.39, 0.29) is 5.69 Å². The Bertz CT molecular complexity index is 1490. The van der Waals surface area contributed by atoms with Gasteiger partial charge in [0.1, 0.15) is 0 Å². The molecule has 0 spiro atoms. The van der Waals surface area contributed by atoms with Gasteiger partial charge in [-0.15, -0.1) is 5.10 Å². The molecule has 5 aromatic rings. The Morgan fingerprint density at radius 2 is 1.42 bits per heavy atom. The topological polar surface area (TPSA) is 52.2 Å². The standard InChI is InChI=1S/C26H20Cl2N4O/c1-17-2-4-18(5-3-17)14-15-31-26(33)32-25(30-31)24(20-8-12-22(28)13-9-20)23(16-29-32)19-6-10-21(27)11-7-19/h2-13,16H,14-15H2,1H3. The summed E-state index contributed by atoms with van der Waals surface area (Å²) in [6.07, 6.45) is 2.40. The smallest absolute Gasteiger partial charge is 0.244 e. The number of fused-ring (bicyclic) bond motifs is 1. The van der Waals surface area contributed by atoms with Gasteiger partial charge in [0.15, 0.2) is 5.65 Å². The highest BCUT2D eigenvalue weighted by atomic mass is 35.5. The first-order valence-corrected chi connectivity index (χ1v) is 11.3. The van der Waals surface area contributed by atoms with Crippen LogP contribution in [-0.4, -0.2) is 19.4 Å². The molecule has 0 unspecified atom stereocenters. The lowest BCUT2D eigenvalue weighted by Gasteiger charge is -2.11. The quantitative estimate of drug-likeness (QED) is 0.310. The number of benzene rings is 3. The first-order valence-electron chi connectivity index (χ1n) is 10.6. The van der Waals surface area contributed by atoms with E-state index in [1.807, 2.05) is 48.5 Å². The summed E-state index contributed by atoms with van der Waals surface area (Å²) in [6, 6.07) is 23.3. The Labute approximate surface area is 200 Å². The van der Waals surface area contributed by atoms with E-state index in [1.54, 1.807) is 6.20 Å². The molecule has 164 valence electrons. The van der Waals surface area contributed by atoms with E-state index in [1.165, 1.54) is 14.8 Å². The van der Waals surface area contributed by atoms with Crippen molar-refractivity contribution in [1.29, 1.82) is 0 Å². The van der Waals surface area contributed by atoms with E-state index in [0.717, 1.165) is 27.8 Å². The lowest BCUT2D eigenvalue weighted by Crippen LogP contribution is -2.23. The van der Waals surface area contributed by atoms with E-state index in [0.29, 0.717) is 28.7 Å². The monoisotopic (exact) mass is 474 g/mol. The largest absolute Gasteiger partial charge is 0.367 e. The van der Waals surface area contributed by atoms with E-state index in [9.17, 15) is 4.79 Å². The van der Waals surface area contributed by atoms with Gasteiger partial charge in [-0.2, -0.15) is 9.61 Å². The zero-order valence-electron chi connectivity index (χ0n) is 17.9. The Balaban J connectivity index is 1.64. The van der Waals surface area contributed by atoms with Crippen LogP contribution in [0, 0.1) is 6.92 Å². The highest BCUT2D eigenvalue weighted by Gasteiger charge is 2.18. The number of aryl methyl sites for hydroxylation is 3. The number of hydrogen-bond acceptors (Lipinski definition) is 3. The molecule has 0 aliphatic carbocycles.